The summed E-state index contributed by atoms with van der Waals surface area (Å²) in [7, 11) is 0. The van der Waals surface area contributed by atoms with Gasteiger partial charge in [-0.1, -0.05) is 13.3 Å². The molecule has 0 aliphatic carbocycles. The van der Waals surface area contributed by atoms with Crippen LogP contribution in [0.1, 0.15) is 26.7 Å². The summed E-state index contributed by atoms with van der Waals surface area (Å²) in [5, 5.41) is 14.4. The van der Waals surface area contributed by atoms with E-state index in [1.165, 1.54) is 4.90 Å². The maximum absolute atomic E-state index is 11.9. The topological polar surface area (TPSA) is 98.7 Å². The quantitative estimate of drug-likeness (QED) is 0.548. The number of carboxylic acid groups (broad SMARTS) is 1. The largest absolute Gasteiger partial charge is 0.480 e. The maximum atomic E-state index is 11.9. The highest BCUT2D eigenvalue weighted by Gasteiger charge is 2.37. The minimum Gasteiger partial charge on any atom is -0.480 e. The fourth-order valence-electron chi connectivity index (χ4n) is 1.98. The van der Waals surface area contributed by atoms with Crippen LogP contribution in [0.15, 0.2) is 0 Å². The van der Waals surface area contributed by atoms with E-state index in [0.29, 0.717) is 6.54 Å². The smallest absolute Gasteiger partial charge is 0.322 e. The van der Waals surface area contributed by atoms with E-state index in [2.05, 4.69) is 10.6 Å². The highest BCUT2D eigenvalue weighted by Crippen LogP contribution is 2.10. The van der Waals surface area contributed by atoms with Gasteiger partial charge in [0.25, 0.3) is 0 Å². The number of nitrogens with one attached hydrogen (secondary N) is 2. The lowest BCUT2D eigenvalue weighted by molar-refractivity contribution is -0.148. The molecule has 0 spiro atoms. The molecule has 1 rings (SSSR count). The number of aliphatic carboxylic acids is 1. The number of unbranched alkanes of at least 4 members (excludes halogenated alkanes) is 1. The lowest BCUT2D eigenvalue weighted by Gasteiger charge is -2.36. The van der Waals surface area contributed by atoms with Gasteiger partial charge in [0, 0.05) is 13.1 Å². The van der Waals surface area contributed by atoms with Crippen LogP contribution in [-0.4, -0.2) is 59.5 Å². The van der Waals surface area contributed by atoms with Gasteiger partial charge in [0.2, 0.25) is 11.8 Å². The van der Waals surface area contributed by atoms with Gasteiger partial charge in [0.1, 0.15) is 6.04 Å². The SMILES string of the molecule is CCCCNC(=O)C(C)N1CC(=O)NCC1C(=O)O. The first kappa shape index (κ1) is 15.4. The molecule has 1 heterocycles. The molecule has 19 heavy (non-hydrogen) atoms. The molecule has 3 N–H and O–H groups in total. The Morgan fingerprint density at radius 1 is 1.58 bits per heavy atom. The number of amides is 2. The Balaban J connectivity index is 2.64. The highest BCUT2D eigenvalue weighted by atomic mass is 16.4. The summed E-state index contributed by atoms with van der Waals surface area (Å²) >= 11 is 0. The molecule has 2 unspecified atom stereocenters. The third kappa shape index (κ3) is 4.20. The summed E-state index contributed by atoms with van der Waals surface area (Å²) in [6, 6.07) is -1.49. The Kier molecular flexibility index (Phi) is 5.75. The van der Waals surface area contributed by atoms with Gasteiger partial charge in [0.15, 0.2) is 0 Å². The van der Waals surface area contributed by atoms with E-state index in [9.17, 15) is 14.4 Å². The van der Waals surface area contributed by atoms with Crippen LogP contribution in [0.3, 0.4) is 0 Å². The summed E-state index contributed by atoms with van der Waals surface area (Å²) in [6.07, 6.45) is 1.85. The van der Waals surface area contributed by atoms with Crippen molar-refractivity contribution in [1.82, 2.24) is 15.5 Å². The highest BCUT2D eigenvalue weighted by molar-refractivity contribution is 5.87. The van der Waals surface area contributed by atoms with E-state index in [1.807, 2.05) is 6.92 Å². The Morgan fingerprint density at radius 3 is 2.84 bits per heavy atom. The fraction of sp³-hybridized carbons (Fsp3) is 0.750. The zero-order valence-corrected chi connectivity index (χ0v) is 11.3. The lowest BCUT2D eigenvalue weighted by Crippen LogP contribution is -2.62. The van der Waals surface area contributed by atoms with Crippen molar-refractivity contribution < 1.29 is 19.5 Å². The van der Waals surface area contributed by atoms with Crippen LogP contribution >= 0.6 is 0 Å². The van der Waals surface area contributed by atoms with E-state index in [4.69, 9.17) is 5.11 Å². The first-order chi connectivity index (χ1) is 8.97. The normalized spacial score (nSPS) is 21.6. The van der Waals surface area contributed by atoms with Crippen molar-refractivity contribution >= 4 is 17.8 Å². The van der Waals surface area contributed by atoms with Crippen LogP contribution in [0.4, 0.5) is 0 Å². The molecule has 0 aromatic rings. The fourth-order valence-corrected chi connectivity index (χ4v) is 1.98. The Morgan fingerprint density at radius 2 is 2.26 bits per heavy atom. The minimum atomic E-state index is -1.03. The van der Waals surface area contributed by atoms with Crippen molar-refractivity contribution in [2.75, 3.05) is 19.6 Å². The zero-order valence-electron chi connectivity index (χ0n) is 11.3. The zero-order chi connectivity index (χ0) is 14.4. The summed E-state index contributed by atoms with van der Waals surface area (Å²) in [6.45, 7) is 4.17. The van der Waals surface area contributed by atoms with Crippen LogP contribution in [0.25, 0.3) is 0 Å². The Labute approximate surface area is 112 Å². The molecular formula is C12H21N3O4. The molecule has 0 aromatic carbocycles. The average molecular weight is 271 g/mol. The number of rotatable bonds is 6. The molecule has 1 aliphatic rings. The number of carbonyl (C=O) groups excluding carboxylic acids is 2. The second kappa shape index (κ2) is 7.08. The second-order valence-corrected chi connectivity index (χ2v) is 4.65. The van der Waals surface area contributed by atoms with Gasteiger partial charge >= 0.3 is 5.97 Å². The molecule has 1 saturated heterocycles. The summed E-state index contributed by atoms with van der Waals surface area (Å²) < 4.78 is 0. The predicted molar refractivity (Wildman–Crippen MR) is 68.5 cm³/mol. The molecule has 2 amide bonds. The van der Waals surface area contributed by atoms with Crippen molar-refractivity contribution in [2.45, 2.75) is 38.8 Å². The van der Waals surface area contributed by atoms with Crippen molar-refractivity contribution in [3.63, 3.8) is 0 Å². The van der Waals surface area contributed by atoms with Crippen molar-refractivity contribution in [1.29, 1.82) is 0 Å². The average Bonchev–Trinajstić information content (AvgIpc) is 2.37. The van der Waals surface area contributed by atoms with Crippen molar-refractivity contribution in [3.05, 3.63) is 0 Å². The van der Waals surface area contributed by atoms with Gasteiger partial charge in [-0.2, -0.15) is 0 Å². The van der Waals surface area contributed by atoms with E-state index in [1.54, 1.807) is 6.92 Å². The van der Waals surface area contributed by atoms with Crippen LogP contribution in [0.2, 0.25) is 0 Å². The Bertz CT molecular complexity index is 359. The summed E-state index contributed by atoms with van der Waals surface area (Å²) in [5.74, 6) is -1.53. The molecule has 108 valence electrons. The number of piperazine rings is 1. The van der Waals surface area contributed by atoms with Gasteiger partial charge in [-0.15, -0.1) is 0 Å². The van der Waals surface area contributed by atoms with E-state index in [-0.39, 0.29) is 24.9 Å². The van der Waals surface area contributed by atoms with E-state index >= 15 is 0 Å². The lowest BCUT2D eigenvalue weighted by atomic mass is 10.1. The summed E-state index contributed by atoms with van der Waals surface area (Å²) in [5.41, 5.74) is 0. The van der Waals surface area contributed by atoms with E-state index < -0.39 is 18.1 Å². The third-order valence-electron chi connectivity index (χ3n) is 3.21. The van der Waals surface area contributed by atoms with Crippen molar-refractivity contribution in [3.8, 4) is 0 Å². The molecule has 0 bridgehead atoms. The van der Waals surface area contributed by atoms with Crippen LogP contribution in [0, 0.1) is 0 Å². The second-order valence-electron chi connectivity index (χ2n) is 4.65. The monoisotopic (exact) mass is 271 g/mol. The minimum absolute atomic E-state index is 0.0285. The van der Waals surface area contributed by atoms with Crippen LogP contribution < -0.4 is 10.6 Å². The number of hydrogen-bond donors (Lipinski definition) is 3. The van der Waals surface area contributed by atoms with Gasteiger partial charge in [-0.05, 0) is 13.3 Å². The number of carboxylic acids is 1. The molecule has 0 radical (unpaired) electrons. The molecule has 0 saturated carbocycles. The molecule has 0 aromatic heterocycles. The van der Waals surface area contributed by atoms with Gasteiger partial charge in [-0.25, -0.2) is 0 Å². The van der Waals surface area contributed by atoms with Gasteiger partial charge in [-0.3, -0.25) is 19.3 Å². The molecule has 1 fully saturated rings. The predicted octanol–water partition coefficient (Wildman–Crippen LogP) is -0.824. The Hall–Kier alpha value is -1.63. The first-order valence-corrected chi connectivity index (χ1v) is 6.50. The van der Waals surface area contributed by atoms with E-state index in [0.717, 1.165) is 12.8 Å². The molecule has 2 atom stereocenters. The van der Waals surface area contributed by atoms with Gasteiger partial charge < -0.3 is 15.7 Å². The maximum Gasteiger partial charge on any atom is 0.322 e. The molecule has 7 nitrogen and oxygen atoms in total. The number of hydrogen-bond acceptors (Lipinski definition) is 4. The molecular weight excluding hydrogens is 250 g/mol. The third-order valence-corrected chi connectivity index (χ3v) is 3.21. The first-order valence-electron chi connectivity index (χ1n) is 6.50. The number of nitrogens with zero attached hydrogens (tertiary/aromatic N) is 1. The standard InChI is InChI=1S/C12H21N3O4/c1-3-4-5-13-11(17)8(2)15-7-10(16)14-6-9(15)12(18)19/h8-9H,3-7H2,1-2H3,(H,13,17)(H,14,16)(H,18,19). The number of carbonyl (C=O) groups is 3. The molecule has 7 heteroatoms. The van der Waals surface area contributed by atoms with Gasteiger partial charge in [0.05, 0.1) is 12.6 Å². The van der Waals surface area contributed by atoms with Crippen molar-refractivity contribution in [2.24, 2.45) is 0 Å². The molecule has 1 aliphatic heterocycles. The van der Waals surface area contributed by atoms with Crippen LogP contribution in [-0.2, 0) is 14.4 Å². The summed E-state index contributed by atoms with van der Waals surface area (Å²) in [4.78, 5) is 35.8. The van der Waals surface area contributed by atoms with Crippen LogP contribution in [0.5, 0.6) is 0 Å².